The molecule has 1 aromatic carbocycles. The molecule has 0 spiro atoms. The normalized spacial score (nSPS) is 10.2. The number of hydrogen-bond donors (Lipinski definition) is 0. The molecule has 0 saturated carbocycles. The molecule has 0 aliphatic rings. The number of carbonyl (C=O) groups excluding carboxylic acids is 1. The third-order valence-electron chi connectivity index (χ3n) is 2.74. The summed E-state index contributed by atoms with van der Waals surface area (Å²) in [5.41, 5.74) is 1.34. The molecule has 0 atom stereocenters. The Kier molecular flexibility index (Phi) is 3.63. The quantitative estimate of drug-likeness (QED) is 0.776. The maximum absolute atomic E-state index is 11.8. The van der Waals surface area contributed by atoms with Crippen LogP contribution in [0.25, 0.3) is 10.9 Å². The van der Waals surface area contributed by atoms with Crippen LogP contribution in [0, 0.1) is 11.3 Å². The summed E-state index contributed by atoms with van der Waals surface area (Å²) in [6.45, 7) is 2.48. The zero-order valence-electron chi connectivity index (χ0n) is 10.2. The predicted molar refractivity (Wildman–Crippen MR) is 68.3 cm³/mol. The lowest BCUT2D eigenvalue weighted by Gasteiger charge is -2.05. The first-order valence-corrected chi connectivity index (χ1v) is 5.94. The van der Waals surface area contributed by atoms with E-state index in [1.165, 1.54) is 4.57 Å². The van der Waals surface area contributed by atoms with Crippen LogP contribution in [0.5, 0.6) is 0 Å². The van der Waals surface area contributed by atoms with E-state index in [0.717, 1.165) is 23.7 Å². The minimum Gasteiger partial charge on any atom is -0.449 e. The van der Waals surface area contributed by atoms with E-state index in [9.17, 15) is 4.79 Å². The highest BCUT2D eigenvalue weighted by Gasteiger charge is 2.09. The summed E-state index contributed by atoms with van der Waals surface area (Å²) in [5, 5.41) is 9.67. The van der Waals surface area contributed by atoms with E-state index >= 15 is 0 Å². The summed E-state index contributed by atoms with van der Waals surface area (Å²) in [6.07, 6.45) is 3.15. The van der Waals surface area contributed by atoms with Gasteiger partial charge in [0.1, 0.15) is 0 Å². The first kappa shape index (κ1) is 12.2. The van der Waals surface area contributed by atoms with E-state index in [0.29, 0.717) is 12.2 Å². The van der Waals surface area contributed by atoms with Crippen molar-refractivity contribution in [2.75, 3.05) is 6.61 Å². The van der Waals surface area contributed by atoms with Gasteiger partial charge in [-0.1, -0.05) is 13.3 Å². The van der Waals surface area contributed by atoms with Gasteiger partial charge >= 0.3 is 6.09 Å². The molecule has 0 aliphatic heterocycles. The van der Waals surface area contributed by atoms with E-state index in [1.807, 2.05) is 6.92 Å². The van der Waals surface area contributed by atoms with Crippen molar-refractivity contribution >= 4 is 17.0 Å². The van der Waals surface area contributed by atoms with Crippen molar-refractivity contribution in [2.24, 2.45) is 0 Å². The molecule has 0 bridgehead atoms. The van der Waals surface area contributed by atoms with Gasteiger partial charge in [-0.2, -0.15) is 5.26 Å². The lowest BCUT2D eigenvalue weighted by molar-refractivity contribution is 0.147. The van der Waals surface area contributed by atoms with Crippen molar-refractivity contribution in [1.82, 2.24) is 4.57 Å². The molecule has 2 rings (SSSR count). The van der Waals surface area contributed by atoms with Gasteiger partial charge in [0.15, 0.2) is 0 Å². The van der Waals surface area contributed by atoms with Crippen LogP contribution in [0.3, 0.4) is 0 Å². The minimum absolute atomic E-state index is 0.372. The minimum atomic E-state index is -0.372. The van der Waals surface area contributed by atoms with Crippen molar-refractivity contribution in [2.45, 2.75) is 19.8 Å². The van der Waals surface area contributed by atoms with Crippen LogP contribution < -0.4 is 0 Å². The topological polar surface area (TPSA) is 55.0 Å². The van der Waals surface area contributed by atoms with Crippen molar-refractivity contribution in [1.29, 1.82) is 5.26 Å². The van der Waals surface area contributed by atoms with Crippen LogP contribution in [-0.2, 0) is 4.74 Å². The number of ether oxygens (including phenoxy) is 1. The molecular formula is C14H14N2O2. The Labute approximate surface area is 105 Å². The molecule has 0 radical (unpaired) electrons. The van der Waals surface area contributed by atoms with E-state index in [1.54, 1.807) is 30.5 Å². The lowest BCUT2D eigenvalue weighted by Crippen LogP contribution is -2.13. The average Bonchev–Trinajstić information content (AvgIpc) is 2.81. The molecule has 18 heavy (non-hydrogen) atoms. The Morgan fingerprint density at radius 1 is 1.44 bits per heavy atom. The maximum Gasteiger partial charge on any atom is 0.418 e. The summed E-state index contributed by atoms with van der Waals surface area (Å²) in [5.74, 6) is 0. The zero-order chi connectivity index (χ0) is 13.0. The van der Waals surface area contributed by atoms with Gasteiger partial charge in [-0.25, -0.2) is 4.79 Å². The summed E-state index contributed by atoms with van der Waals surface area (Å²) in [4.78, 5) is 11.8. The van der Waals surface area contributed by atoms with E-state index in [2.05, 4.69) is 6.07 Å². The first-order valence-electron chi connectivity index (χ1n) is 5.94. The van der Waals surface area contributed by atoms with Gasteiger partial charge in [0.05, 0.1) is 23.8 Å². The largest absolute Gasteiger partial charge is 0.449 e. The predicted octanol–water partition coefficient (Wildman–Crippen LogP) is 3.30. The summed E-state index contributed by atoms with van der Waals surface area (Å²) < 4.78 is 6.61. The Bertz CT molecular complexity index is 608. The van der Waals surface area contributed by atoms with Gasteiger partial charge in [0, 0.05) is 11.6 Å². The highest BCUT2D eigenvalue weighted by atomic mass is 16.5. The highest BCUT2D eigenvalue weighted by molar-refractivity contribution is 5.90. The highest BCUT2D eigenvalue weighted by Crippen LogP contribution is 2.17. The van der Waals surface area contributed by atoms with Crippen molar-refractivity contribution in [3.05, 3.63) is 36.0 Å². The van der Waals surface area contributed by atoms with Crippen LogP contribution in [0.1, 0.15) is 25.3 Å². The first-order chi connectivity index (χ1) is 8.76. The van der Waals surface area contributed by atoms with Crippen LogP contribution in [0.15, 0.2) is 30.5 Å². The molecule has 1 aromatic heterocycles. The van der Waals surface area contributed by atoms with E-state index < -0.39 is 0 Å². The zero-order valence-corrected chi connectivity index (χ0v) is 10.2. The summed E-state index contributed by atoms with van der Waals surface area (Å²) >= 11 is 0. The molecule has 0 saturated heterocycles. The Balaban J connectivity index is 2.24. The second-order valence-corrected chi connectivity index (χ2v) is 4.04. The molecule has 0 unspecified atom stereocenters. The number of nitriles is 1. The number of nitrogens with zero attached hydrogens (tertiary/aromatic N) is 2. The van der Waals surface area contributed by atoms with Crippen molar-refractivity contribution in [3.63, 3.8) is 0 Å². The van der Waals surface area contributed by atoms with Crippen LogP contribution in [-0.4, -0.2) is 17.3 Å². The summed E-state index contributed by atoms with van der Waals surface area (Å²) in [7, 11) is 0. The second kappa shape index (κ2) is 5.37. The molecule has 1 heterocycles. The SMILES string of the molecule is CCCCOC(=O)n1ccc2cc(C#N)ccc21. The molecule has 4 nitrogen and oxygen atoms in total. The van der Waals surface area contributed by atoms with Crippen LogP contribution >= 0.6 is 0 Å². The van der Waals surface area contributed by atoms with Crippen molar-refractivity contribution < 1.29 is 9.53 Å². The van der Waals surface area contributed by atoms with E-state index in [-0.39, 0.29) is 6.09 Å². The Morgan fingerprint density at radius 3 is 3.00 bits per heavy atom. The molecule has 0 fully saturated rings. The smallest absolute Gasteiger partial charge is 0.418 e. The van der Waals surface area contributed by atoms with Gasteiger partial charge in [0.25, 0.3) is 0 Å². The lowest BCUT2D eigenvalue weighted by atomic mass is 10.2. The number of aromatic nitrogens is 1. The Morgan fingerprint density at radius 2 is 2.28 bits per heavy atom. The van der Waals surface area contributed by atoms with Gasteiger partial charge in [-0.15, -0.1) is 0 Å². The van der Waals surface area contributed by atoms with Crippen LogP contribution in [0.2, 0.25) is 0 Å². The fraction of sp³-hybridized carbons (Fsp3) is 0.286. The van der Waals surface area contributed by atoms with Gasteiger partial charge in [-0.05, 0) is 30.7 Å². The number of carbonyl (C=O) groups is 1. The maximum atomic E-state index is 11.8. The van der Waals surface area contributed by atoms with E-state index in [4.69, 9.17) is 10.00 Å². The molecule has 4 heteroatoms. The fourth-order valence-corrected chi connectivity index (χ4v) is 1.74. The van der Waals surface area contributed by atoms with Crippen LogP contribution in [0.4, 0.5) is 4.79 Å². The number of rotatable bonds is 3. The standard InChI is InChI=1S/C14H14N2O2/c1-2-3-8-18-14(17)16-7-6-12-9-11(10-15)4-5-13(12)16/h4-7,9H,2-3,8H2,1H3. The summed E-state index contributed by atoms with van der Waals surface area (Å²) in [6, 6.07) is 9.08. The molecular weight excluding hydrogens is 228 g/mol. The van der Waals surface area contributed by atoms with Crippen molar-refractivity contribution in [3.8, 4) is 6.07 Å². The molecule has 0 N–H and O–H groups in total. The number of hydrogen-bond acceptors (Lipinski definition) is 3. The fourth-order valence-electron chi connectivity index (χ4n) is 1.74. The molecule has 0 aliphatic carbocycles. The van der Waals surface area contributed by atoms with Gasteiger partial charge < -0.3 is 4.74 Å². The number of unbranched alkanes of at least 4 members (excludes halogenated alkanes) is 1. The molecule has 0 amide bonds. The number of benzene rings is 1. The third kappa shape index (κ3) is 2.35. The molecule has 92 valence electrons. The van der Waals surface area contributed by atoms with Gasteiger partial charge in [0.2, 0.25) is 0 Å². The Hall–Kier alpha value is -2.28. The van der Waals surface area contributed by atoms with Gasteiger partial charge in [-0.3, -0.25) is 4.57 Å². The monoisotopic (exact) mass is 242 g/mol. The average molecular weight is 242 g/mol. The molecule has 2 aromatic rings. The second-order valence-electron chi connectivity index (χ2n) is 4.04. The third-order valence-corrected chi connectivity index (χ3v) is 2.74. The number of fused-ring (bicyclic) bond motifs is 1.